The molecule has 0 bridgehead atoms. The van der Waals surface area contributed by atoms with Crippen LogP contribution in [0.25, 0.3) is 6.08 Å². The predicted molar refractivity (Wildman–Crippen MR) is 74.9 cm³/mol. The molecule has 2 rings (SSSR count). The summed E-state index contributed by atoms with van der Waals surface area (Å²) in [6.45, 7) is 3.79. The molecular formula is C14H15NO4S. The van der Waals surface area contributed by atoms with Crippen molar-refractivity contribution in [3.63, 3.8) is 0 Å². The zero-order valence-corrected chi connectivity index (χ0v) is 12.1. The summed E-state index contributed by atoms with van der Waals surface area (Å²) >= 11 is 1.40. The van der Waals surface area contributed by atoms with Gasteiger partial charge in [-0.25, -0.2) is 4.79 Å². The molecule has 0 aliphatic carbocycles. The van der Waals surface area contributed by atoms with E-state index in [1.807, 2.05) is 0 Å². The third-order valence-electron chi connectivity index (χ3n) is 3.12. The Labute approximate surface area is 120 Å². The van der Waals surface area contributed by atoms with Gasteiger partial charge >= 0.3 is 5.97 Å². The number of carboxylic acids is 1. The summed E-state index contributed by atoms with van der Waals surface area (Å²) in [5.74, 6) is -1.32. The van der Waals surface area contributed by atoms with Crippen molar-refractivity contribution < 1.29 is 19.5 Å². The lowest BCUT2D eigenvalue weighted by Crippen LogP contribution is -2.32. The Kier molecular flexibility index (Phi) is 3.76. The average molecular weight is 293 g/mol. The van der Waals surface area contributed by atoms with E-state index in [2.05, 4.69) is 0 Å². The Bertz CT molecular complexity index is 600. The van der Waals surface area contributed by atoms with E-state index in [1.54, 1.807) is 25.3 Å². The lowest BCUT2D eigenvalue weighted by Gasteiger charge is -2.16. The third-order valence-corrected chi connectivity index (χ3v) is 4.06. The summed E-state index contributed by atoms with van der Waals surface area (Å²) in [7, 11) is 0. The minimum Gasteiger partial charge on any atom is -0.478 e. The van der Waals surface area contributed by atoms with Gasteiger partial charge in [-0.15, -0.1) is 11.3 Å². The first-order valence-electron chi connectivity index (χ1n) is 6.13. The second-order valence-electron chi connectivity index (χ2n) is 5.36. The van der Waals surface area contributed by atoms with Gasteiger partial charge in [-0.05, 0) is 23.1 Å². The van der Waals surface area contributed by atoms with Crippen LogP contribution in [0.5, 0.6) is 0 Å². The number of carbonyl (C=O) groups excluding carboxylic acids is 2. The molecule has 2 heterocycles. The highest BCUT2D eigenvalue weighted by Gasteiger charge is 2.44. The summed E-state index contributed by atoms with van der Waals surface area (Å²) < 4.78 is 0. The Morgan fingerprint density at radius 3 is 2.75 bits per heavy atom. The number of likely N-dealkylation sites (tertiary alicyclic amines) is 1. The van der Waals surface area contributed by atoms with Gasteiger partial charge in [-0.2, -0.15) is 0 Å². The van der Waals surface area contributed by atoms with Crippen LogP contribution in [0.1, 0.15) is 30.7 Å². The van der Waals surface area contributed by atoms with Crippen LogP contribution in [0.2, 0.25) is 0 Å². The van der Waals surface area contributed by atoms with E-state index in [9.17, 15) is 14.4 Å². The third kappa shape index (κ3) is 2.96. The molecular weight excluding hydrogens is 278 g/mol. The normalized spacial score (nSPS) is 18.2. The van der Waals surface area contributed by atoms with Gasteiger partial charge in [0, 0.05) is 17.4 Å². The van der Waals surface area contributed by atoms with Crippen molar-refractivity contribution in [2.45, 2.75) is 26.8 Å². The molecule has 5 nitrogen and oxygen atoms in total. The topological polar surface area (TPSA) is 74.7 Å². The first kappa shape index (κ1) is 14.5. The minimum atomic E-state index is -1.01. The molecule has 106 valence electrons. The van der Waals surface area contributed by atoms with E-state index in [-0.39, 0.29) is 24.8 Å². The fraction of sp³-hybridized carbons (Fsp3) is 0.357. The molecule has 6 heteroatoms. The SMILES string of the molecule is CC1(C)CC(=O)N(Cc2cc(/C=C/C(=O)O)cs2)C1=O. The second-order valence-corrected chi connectivity index (χ2v) is 6.36. The van der Waals surface area contributed by atoms with E-state index in [0.717, 1.165) is 16.5 Å². The van der Waals surface area contributed by atoms with Crippen LogP contribution in [0.15, 0.2) is 17.5 Å². The van der Waals surface area contributed by atoms with Crippen LogP contribution in [-0.2, 0) is 20.9 Å². The van der Waals surface area contributed by atoms with Crippen molar-refractivity contribution >= 4 is 35.2 Å². The predicted octanol–water partition coefficient (Wildman–Crippen LogP) is 2.13. The Balaban J connectivity index is 2.10. The molecule has 0 aromatic carbocycles. The van der Waals surface area contributed by atoms with Gasteiger partial charge in [0.15, 0.2) is 0 Å². The monoisotopic (exact) mass is 293 g/mol. The first-order chi connectivity index (χ1) is 9.29. The molecule has 1 aromatic heterocycles. The van der Waals surface area contributed by atoms with Crippen LogP contribution >= 0.6 is 11.3 Å². The van der Waals surface area contributed by atoms with Crippen LogP contribution in [0, 0.1) is 5.41 Å². The minimum absolute atomic E-state index is 0.154. The van der Waals surface area contributed by atoms with Crippen LogP contribution in [0.4, 0.5) is 0 Å². The molecule has 1 aliphatic rings. The number of hydrogen-bond acceptors (Lipinski definition) is 4. The van der Waals surface area contributed by atoms with Gasteiger partial charge in [-0.1, -0.05) is 13.8 Å². The summed E-state index contributed by atoms with van der Waals surface area (Å²) in [5, 5.41) is 10.4. The van der Waals surface area contributed by atoms with Gasteiger partial charge in [-0.3, -0.25) is 14.5 Å². The highest BCUT2D eigenvalue weighted by molar-refractivity contribution is 7.10. The highest BCUT2D eigenvalue weighted by atomic mass is 32.1. The summed E-state index contributed by atoms with van der Waals surface area (Å²) in [4.78, 5) is 36.5. The van der Waals surface area contributed by atoms with Crippen molar-refractivity contribution in [2.75, 3.05) is 0 Å². The molecule has 20 heavy (non-hydrogen) atoms. The molecule has 1 saturated heterocycles. The summed E-state index contributed by atoms with van der Waals surface area (Å²) in [6.07, 6.45) is 2.78. The summed E-state index contributed by atoms with van der Waals surface area (Å²) in [5.41, 5.74) is 0.131. The molecule has 1 aromatic rings. The van der Waals surface area contributed by atoms with Crippen LogP contribution in [0.3, 0.4) is 0 Å². The second kappa shape index (κ2) is 5.20. The Morgan fingerprint density at radius 2 is 2.20 bits per heavy atom. The zero-order chi connectivity index (χ0) is 14.9. The largest absolute Gasteiger partial charge is 0.478 e. The standard InChI is InChI=1S/C14H15NO4S/c1-14(2)6-11(16)15(13(14)19)7-10-5-9(8-20-10)3-4-12(17)18/h3-5,8H,6-7H2,1-2H3,(H,17,18)/b4-3+. The molecule has 2 amide bonds. The van der Waals surface area contributed by atoms with Crippen molar-refractivity contribution in [1.29, 1.82) is 0 Å². The van der Waals surface area contributed by atoms with Crippen molar-refractivity contribution in [3.8, 4) is 0 Å². The number of carboxylic acid groups (broad SMARTS) is 1. The van der Waals surface area contributed by atoms with E-state index in [1.165, 1.54) is 22.3 Å². The smallest absolute Gasteiger partial charge is 0.328 e. The lowest BCUT2D eigenvalue weighted by atomic mass is 9.92. The van der Waals surface area contributed by atoms with E-state index < -0.39 is 11.4 Å². The number of imide groups is 1. The van der Waals surface area contributed by atoms with Gasteiger partial charge in [0.1, 0.15) is 0 Å². The zero-order valence-electron chi connectivity index (χ0n) is 11.3. The molecule has 0 spiro atoms. The molecule has 0 atom stereocenters. The number of rotatable bonds is 4. The van der Waals surface area contributed by atoms with E-state index >= 15 is 0 Å². The van der Waals surface area contributed by atoms with E-state index in [4.69, 9.17) is 5.11 Å². The number of thiophene rings is 1. The van der Waals surface area contributed by atoms with Crippen LogP contribution in [-0.4, -0.2) is 27.8 Å². The first-order valence-corrected chi connectivity index (χ1v) is 7.01. The number of nitrogens with zero attached hydrogens (tertiary/aromatic N) is 1. The quantitative estimate of drug-likeness (QED) is 0.681. The fourth-order valence-electron chi connectivity index (χ4n) is 2.08. The van der Waals surface area contributed by atoms with Crippen molar-refractivity contribution in [3.05, 3.63) is 28.0 Å². The molecule has 0 radical (unpaired) electrons. The molecule has 1 N–H and O–H groups in total. The number of amides is 2. The van der Waals surface area contributed by atoms with Crippen LogP contribution < -0.4 is 0 Å². The number of carbonyl (C=O) groups is 3. The fourth-order valence-corrected chi connectivity index (χ4v) is 2.92. The Hall–Kier alpha value is -1.95. The van der Waals surface area contributed by atoms with Gasteiger partial charge in [0.25, 0.3) is 0 Å². The maximum absolute atomic E-state index is 12.1. The van der Waals surface area contributed by atoms with Gasteiger partial charge in [0.05, 0.1) is 12.0 Å². The lowest BCUT2D eigenvalue weighted by molar-refractivity contribution is -0.141. The maximum Gasteiger partial charge on any atom is 0.328 e. The number of hydrogen-bond donors (Lipinski definition) is 1. The van der Waals surface area contributed by atoms with E-state index in [0.29, 0.717) is 0 Å². The molecule has 0 saturated carbocycles. The molecule has 1 aliphatic heterocycles. The maximum atomic E-state index is 12.1. The van der Waals surface area contributed by atoms with Gasteiger partial charge in [0.2, 0.25) is 11.8 Å². The van der Waals surface area contributed by atoms with Crippen molar-refractivity contribution in [1.82, 2.24) is 4.90 Å². The molecule has 0 unspecified atom stereocenters. The van der Waals surface area contributed by atoms with Gasteiger partial charge < -0.3 is 5.11 Å². The van der Waals surface area contributed by atoms with Crippen molar-refractivity contribution in [2.24, 2.45) is 5.41 Å². The molecule has 1 fully saturated rings. The highest BCUT2D eigenvalue weighted by Crippen LogP contribution is 2.33. The number of aliphatic carboxylic acids is 1. The average Bonchev–Trinajstić information content (AvgIpc) is 2.86. The Morgan fingerprint density at radius 1 is 1.50 bits per heavy atom. The summed E-state index contributed by atoms with van der Waals surface area (Å²) in [6, 6.07) is 1.79.